The van der Waals surface area contributed by atoms with Gasteiger partial charge in [-0.05, 0) is 242 Å². The van der Waals surface area contributed by atoms with Gasteiger partial charge < -0.3 is 0 Å². The molecule has 1 aliphatic rings. The van der Waals surface area contributed by atoms with Crippen LogP contribution < -0.4 is 18.3 Å². The van der Waals surface area contributed by atoms with Gasteiger partial charge in [-0.25, -0.2) is 18.3 Å². The topological polar surface area (TPSA) is 15.5 Å². The summed E-state index contributed by atoms with van der Waals surface area (Å²) in [5.74, 6) is 1.97. The van der Waals surface area contributed by atoms with Crippen molar-refractivity contribution in [2.45, 2.75) is 168 Å². The summed E-state index contributed by atoms with van der Waals surface area (Å²) < 4.78 is 9.18. The van der Waals surface area contributed by atoms with Gasteiger partial charge in [0.15, 0.2) is 24.8 Å². The summed E-state index contributed by atoms with van der Waals surface area (Å²) in [6.07, 6.45) is 17.0. The summed E-state index contributed by atoms with van der Waals surface area (Å²) >= 11 is 0. The second kappa shape index (κ2) is 33.6. The Hall–Kier alpha value is -9.64. The summed E-state index contributed by atoms with van der Waals surface area (Å²) in [5, 5.41) is 0. The highest BCUT2D eigenvalue weighted by Crippen LogP contribution is 2.39. The van der Waals surface area contributed by atoms with Crippen LogP contribution in [0.5, 0.6) is 0 Å². The number of benzene rings is 8. The van der Waals surface area contributed by atoms with E-state index in [2.05, 4.69) is 395 Å². The molecule has 0 aliphatic heterocycles. The molecule has 1 saturated carbocycles. The van der Waals surface area contributed by atoms with Gasteiger partial charge in [-0.15, -0.1) is 0 Å². The largest absolute Gasteiger partial charge is 0.212 e. The number of hydrogen-bond donors (Lipinski definition) is 0. The standard InChI is InChI=1S/C25H28N.2C25H30N.C24H28N/c1-18-13-14-22(20-9-5-4-6-10-20)16-23(18)25-15-19(2)24(17-26(25)3)21-11-7-8-12-21;1-17(2)12-22-16-26(6)25(14-18(22)3)24-15-23(19(4)13-20(24)5)21-10-8-7-9-11-21;1-18-12-13-21(20-10-8-7-9-11-20)15-23(18)24-14-19(2)22(17-26(24)6)16-25(3,4)5;1-16(2)23-15-25(6)24(13-19(23)5)22-14-21(17(3)12-18(22)4)20-10-8-7-9-11-20/h4-6,9-10,13-17,21H,7-8,11-12H2,1-3H3;7-11,13-17H,12H2,1-6H3;7-15,17H,16H2,1-6H3;7-16H,1-6H3/q4*+1. The molecule has 4 nitrogen and oxygen atoms in total. The minimum atomic E-state index is 0.294. The Morgan fingerprint density at radius 2 is 0.670 bits per heavy atom. The molecule has 1 fully saturated rings. The zero-order valence-electron chi connectivity index (χ0n) is 66.2. The predicted octanol–water partition coefficient (Wildman–Crippen LogP) is 24.0. The summed E-state index contributed by atoms with van der Waals surface area (Å²) in [6.45, 7) is 38.2. The van der Waals surface area contributed by atoms with Crippen LogP contribution in [0.1, 0.15) is 164 Å². The lowest BCUT2D eigenvalue weighted by molar-refractivity contribution is -0.661. The minimum absolute atomic E-state index is 0.294. The molecule has 0 spiro atoms. The Labute approximate surface area is 620 Å². The molecule has 103 heavy (non-hydrogen) atoms. The van der Waals surface area contributed by atoms with Crippen molar-refractivity contribution in [3.63, 3.8) is 0 Å². The lowest BCUT2D eigenvalue weighted by Crippen LogP contribution is -2.32. The van der Waals surface area contributed by atoms with Gasteiger partial charge in [-0.2, -0.15) is 0 Å². The molecule has 528 valence electrons. The van der Waals surface area contributed by atoms with E-state index >= 15 is 0 Å². The zero-order chi connectivity index (χ0) is 74.0. The van der Waals surface area contributed by atoms with Crippen LogP contribution in [0.25, 0.3) is 89.5 Å². The van der Waals surface area contributed by atoms with Gasteiger partial charge in [0.25, 0.3) is 0 Å². The van der Waals surface area contributed by atoms with E-state index in [9.17, 15) is 0 Å². The minimum Gasteiger partial charge on any atom is -0.201 e. The molecule has 0 N–H and O–H groups in total. The van der Waals surface area contributed by atoms with Gasteiger partial charge in [0, 0.05) is 68.8 Å². The van der Waals surface area contributed by atoms with Crippen LogP contribution in [0.15, 0.2) is 231 Å². The van der Waals surface area contributed by atoms with E-state index in [4.69, 9.17) is 0 Å². The van der Waals surface area contributed by atoms with Crippen LogP contribution in [-0.2, 0) is 41.0 Å². The quantitative estimate of drug-likeness (QED) is 0.102. The van der Waals surface area contributed by atoms with E-state index in [-0.39, 0.29) is 0 Å². The van der Waals surface area contributed by atoms with Crippen LogP contribution in [0.3, 0.4) is 0 Å². The first-order chi connectivity index (χ1) is 49.1. The molecule has 0 atom stereocenters. The molecule has 4 heterocycles. The second-order valence-corrected chi connectivity index (χ2v) is 31.7. The smallest absolute Gasteiger partial charge is 0.201 e. The number of rotatable bonds is 13. The molecule has 13 rings (SSSR count). The Morgan fingerprint density at radius 1 is 0.320 bits per heavy atom. The fraction of sp³-hybridized carbons (Fsp3) is 0.313. The van der Waals surface area contributed by atoms with Crippen molar-refractivity contribution in [1.82, 2.24) is 0 Å². The van der Waals surface area contributed by atoms with Crippen molar-refractivity contribution in [2.24, 2.45) is 39.5 Å². The fourth-order valence-electron chi connectivity index (χ4n) is 15.4. The fourth-order valence-corrected chi connectivity index (χ4v) is 15.4. The Bertz CT molecular complexity index is 4910. The lowest BCUT2D eigenvalue weighted by atomic mass is 9.86. The first kappa shape index (κ1) is 76.0. The maximum atomic E-state index is 2.39. The Morgan fingerprint density at radius 3 is 1.08 bits per heavy atom. The Balaban J connectivity index is 0.000000148. The van der Waals surface area contributed by atoms with E-state index in [1.54, 1.807) is 5.56 Å². The molecular formula is C99H116N4+4. The van der Waals surface area contributed by atoms with Gasteiger partial charge in [0.2, 0.25) is 22.8 Å². The van der Waals surface area contributed by atoms with E-state index in [1.165, 1.54) is 188 Å². The van der Waals surface area contributed by atoms with Crippen LogP contribution >= 0.6 is 0 Å². The first-order valence-electron chi connectivity index (χ1n) is 37.8. The third-order valence-electron chi connectivity index (χ3n) is 21.1. The maximum Gasteiger partial charge on any atom is 0.212 e. The summed E-state index contributed by atoms with van der Waals surface area (Å²) in [4.78, 5) is 0. The van der Waals surface area contributed by atoms with Gasteiger partial charge in [0.1, 0.15) is 28.2 Å². The van der Waals surface area contributed by atoms with Crippen LogP contribution in [-0.4, -0.2) is 0 Å². The summed E-state index contributed by atoms with van der Waals surface area (Å²) in [6, 6.07) is 75.0. The molecule has 0 radical (unpaired) electrons. The van der Waals surface area contributed by atoms with E-state index in [0.29, 0.717) is 17.3 Å². The molecule has 0 saturated heterocycles. The first-order valence-corrected chi connectivity index (χ1v) is 37.8. The highest BCUT2D eigenvalue weighted by molar-refractivity contribution is 5.78. The van der Waals surface area contributed by atoms with Crippen LogP contribution in [0, 0.1) is 80.6 Å². The van der Waals surface area contributed by atoms with Crippen molar-refractivity contribution in [1.29, 1.82) is 0 Å². The molecule has 12 aromatic rings. The molecule has 8 aromatic carbocycles. The number of pyridine rings is 4. The normalized spacial score (nSPS) is 12.2. The van der Waals surface area contributed by atoms with Crippen molar-refractivity contribution >= 4 is 0 Å². The van der Waals surface area contributed by atoms with Crippen LogP contribution in [0.4, 0.5) is 0 Å². The number of nitrogens with zero attached hydrogens (tertiary/aromatic N) is 4. The van der Waals surface area contributed by atoms with Crippen LogP contribution in [0.2, 0.25) is 0 Å². The van der Waals surface area contributed by atoms with Gasteiger partial charge in [0.05, 0.1) is 0 Å². The van der Waals surface area contributed by atoms with E-state index in [0.717, 1.165) is 18.8 Å². The average Bonchev–Trinajstić information content (AvgIpc) is 1.17. The number of aryl methyl sites for hydroxylation is 14. The molecule has 4 heteroatoms. The molecule has 1 aliphatic carbocycles. The van der Waals surface area contributed by atoms with E-state index < -0.39 is 0 Å². The Kier molecular flexibility index (Phi) is 24.8. The average molecular weight is 1360 g/mol. The van der Waals surface area contributed by atoms with Crippen molar-refractivity contribution in [2.75, 3.05) is 0 Å². The zero-order valence-corrected chi connectivity index (χ0v) is 66.2. The molecule has 0 amide bonds. The van der Waals surface area contributed by atoms with Crippen molar-refractivity contribution in [3.05, 3.63) is 309 Å². The van der Waals surface area contributed by atoms with Crippen molar-refractivity contribution < 1.29 is 18.3 Å². The molecule has 0 unspecified atom stereocenters. The maximum absolute atomic E-state index is 2.39. The third kappa shape index (κ3) is 18.8. The summed E-state index contributed by atoms with van der Waals surface area (Å²) in [5.41, 5.74) is 40.3. The van der Waals surface area contributed by atoms with Crippen molar-refractivity contribution in [3.8, 4) is 89.5 Å². The molecule has 0 bridgehead atoms. The highest BCUT2D eigenvalue weighted by Gasteiger charge is 2.26. The molecule has 4 aromatic heterocycles. The SMILES string of the molecule is Cc1cc(-c2cc(-c3ccccc3)c(C)cc2C)[n+](C)cc1CC(C)C.Cc1cc(-c2cc(-c3ccccc3)ccc2C)[n+](C)cc1CC(C)(C)C.Cc1cc(C)c(-c2cc(C)c(C(C)C)c[n+]2C)cc1-c1ccccc1.Cc1ccc(-c2ccccc2)cc1-c1cc(C)c(C2CCCC2)c[n+]1C. The third-order valence-corrected chi connectivity index (χ3v) is 21.1. The summed E-state index contributed by atoms with van der Waals surface area (Å²) in [7, 11) is 8.68. The number of hydrogen-bond acceptors (Lipinski definition) is 0. The lowest BCUT2D eigenvalue weighted by Gasteiger charge is -2.19. The van der Waals surface area contributed by atoms with Gasteiger partial charge >= 0.3 is 0 Å². The number of aromatic nitrogens is 4. The predicted molar refractivity (Wildman–Crippen MR) is 438 cm³/mol. The molecular weight excluding hydrogens is 1250 g/mol. The van der Waals surface area contributed by atoms with Gasteiger partial charge in [-0.3, -0.25) is 0 Å². The van der Waals surface area contributed by atoms with Gasteiger partial charge in [-0.1, -0.05) is 219 Å². The van der Waals surface area contributed by atoms with E-state index in [1.807, 2.05) is 0 Å². The highest BCUT2D eigenvalue weighted by atomic mass is 14.9. The monoisotopic (exact) mass is 1360 g/mol. The second-order valence-electron chi connectivity index (χ2n) is 31.7.